The largest absolute Gasteiger partial charge is 0.465 e. The predicted molar refractivity (Wildman–Crippen MR) is 107 cm³/mol. The van der Waals surface area contributed by atoms with Crippen LogP contribution in [0.15, 0.2) is 59.5 Å². The fourth-order valence-corrected chi connectivity index (χ4v) is 3.46. The molecule has 0 saturated heterocycles. The summed E-state index contributed by atoms with van der Waals surface area (Å²) in [7, 11) is 1.34. The first kappa shape index (κ1) is 19.2. The van der Waals surface area contributed by atoms with Gasteiger partial charge in [0.2, 0.25) is 0 Å². The van der Waals surface area contributed by atoms with Crippen molar-refractivity contribution in [2.45, 2.75) is 13.3 Å². The molecule has 3 rings (SSSR count). The molecule has 0 aliphatic carbocycles. The molecule has 0 amide bonds. The normalized spacial score (nSPS) is 10.7. The first-order chi connectivity index (χ1) is 12.9. The number of hydrogen-bond acceptors (Lipinski definition) is 3. The Morgan fingerprint density at radius 2 is 1.63 bits per heavy atom. The van der Waals surface area contributed by atoms with Gasteiger partial charge in [-0.15, -0.1) is 0 Å². The fourth-order valence-electron chi connectivity index (χ4n) is 2.93. The molecule has 6 heteroatoms. The maximum Gasteiger partial charge on any atom is 0.337 e. The number of pyridine rings is 1. The Bertz CT molecular complexity index is 1040. The van der Waals surface area contributed by atoms with Gasteiger partial charge in [0.05, 0.1) is 12.7 Å². The number of ether oxygens (including phenoxy) is 1. The van der Waals surface area contributed by atoms with Crippen LogP contribution in [0, 0.1) is 6.92 Å². The van der Waals surface area contributed by atoms with E-state index in [-0.39, 0.29) is 5.43 Å². The van der Waals surface area contributed by atoms with Crippen LogP contribution in [0.1, 0.15) is 27.2 Å². The van der Waals surface area contributed by atoms with Crippen LogP contribution in [0.5, 0.6) is 0 Å². The molecule has 27 heavy (non-hydrogen) atoms. The zero-order valence-corrected chi connectivity index (χ0v) is 16.3. The van der Waals surface area contributed by atoms with Crippen molar-refractivity contribution in [3.63, 3.8) is 0 Å². The fraction of sp³-hybridized carbons (Fsp3) is 0.143. The standard InChI is InChI=1S/C21H17Cl2NO3/c1-13-16(12-17-18(22)4-3-5-19(17)23)20(25)10-11-24(13)15-8-6-14(7-9-15)21(26)27-2/h3-11H,12H2,1-2H3. The van der Waals surface area contributed by atoms with Crippen LogP contribution in [0.4, 0.5) is 0 Å². The Balaban J connectivity index is 2.04. The van der Waals surface area contributed by atoms with E-state index in [0.29, 0.717) is 27.6 Å². The molecule has 0 fully saturated rings. The number of carbonyl (C=O) groups excluding carboxylic acids is 1. The third kappa shape index (κ3) is 3.92. The van der Waals surface area contributed by atoms with Gasteiger partial charge >= 0.3 is 5.97 Å². The van der Waals surface area contributed by atoms with Gasteiger partial charge in [-0.3, -0.25) is 4.79 Å². The molecule has 0 radical (unpaired) electrons. The predicted octanol–water partition coefficient (Wildman–Crippen LogP) is 4.83. The first-order valence-electron chi connectivity index (χ1n) is 8.25. The molecule has 1 heterocycles. The van der Waals surface area contributed by atoms with Gasteiger partial charge in [0, 0.05) is 45.7 Å². The number of methoxy groups -OCH3 is 1. The molecule has 0 bridgehead atoms. The number of rotatable bonds is 4. The molecule has 0 aliphatic heterocycles. The Labute approximate surface area is 166 Å². The van der Waals surface area contributed by atoms with Crippen molar-refractivity contribution in [1.82, 2.24) is 4.57 Å². The van der Waals surface area contributed by atoms with Gasteiger partial charge in [-0.1, -0.05) is 29.3 Å². The molecular weight excluding hydrogens is 385 g/mol. The van der Waals surface area contributed by atoms with Crippen LogP contribution >= 0.6 is 23.2 Å². The lowest BCUT2D eigenvalue weighted by Gasteiger charge is -2.15. The molecule has 0 spiro atoms. The van der Waals surface area contributed by atoms with Gasteiger partial charge in [0.15, 0.2) is 5.43 Å². The summed E-state index contributed by atoms with van der Waals surface area (Å²) in [6, 6.07) is 13.8. The Morgan fingerprint density at radius 3 is 2.22 bits per heavy atom. The average Bonchev–Trinajstić information content (AvgIpc) is 2.67. The molecule has 0 aliphatic rings. The molecule has 0 saturated carbocycles. The van der Waals surface area contributed by atoms with Crippen LogP contribution in [0.3, 0.4) is 0 Å². The van der Waals surface area contributed by atoms with Crippen LogP contribution in [0.25, 0.3) is 5.69 Å². The number of hydrogen-bond donors (Lipinski definition) is 0. The van der Waals surface area contributed by atoms with Crippen LogP contribution in [-0.4, -0.2) is 17.6 Å². The molecule has 0 N–H and O–H groups in total. The molecular formula is C21H17Cl2NO3. The molecule has 138 valence electrons. The first-order valence-corrected chi connectivity index (χ1v) is 9.00. The summed E-state index contributed by atoms with van der Waals surface area (Å²) < 4.78 is 6.61. The summed E-state index contributed by atoms with van der Waals surface area (Å²) in [5.74, 6) is -0.396. The van der Waals surface area contributed by atoms with E-state index in [1.807, 2.05) is 11.5 Å². The van der Waals surface area contributed by atoms with Crippen molar-refractivity contribution in [3.05, 3.63) is 97.4 Å². The van der Waals surface area contributed by atoms with E-state index in [1.165, 1.54) is 13.2 Å². The minimum Gasteiger partial charge on any atom is -0.465 e. The minimum atomic E-state index is -0.396. The molecule has 3 aromatic rings. The Morgan fingerprint density at radius 1 is 1.00 bits per heavy atom. The number of esters is 1. The molecule has 2 aromatic carbocycles. The lowest BCUT2D eigenvalue weighted by atomic mass is 10.0. The second-order valence-corrected chi connectivity index (χ2v) is 6.84. The number of benzene rings is 2. The highest BCUT2D eigenvalue weighted by Gasteiger charge is 2.14. The van der Waals surface area contributed by atoms with E-state index in [2.05, 4.69) is 0 Å². The van der Waals surface area contributed by atoms with Crippen molar-refractivity contribution in [1.29, 1.82) is 0 Å². The summed E-state index contributed by atoms with van der Waals surface area (Å²) in [6.45, 7) is 1.87. The topological polar surface area (TPSA) is 48.3 Å². The average molecular weight is 402 g/mol. The quantitative estimate of drug-likeness (QED) is 0.588. The van der Waals surface area contributed by atoms with Gasteiger partial charge in [0.25, 0.3) is 0 Å². The van der Waals surface area contributed by atoms with Crippen LogP contribution < -0.4 is 5.43 Å². The van der Waals surface area contributed by atoms with E-state index in [1.54, 1.807) is 48.7 Å². The number of nitrogens with zero attached hydrogens (tertiary/aromatic N) is 1. The number of halogens is 2. The van der Waals surface area contributed by atoms with Gasteiger partial charge in [0.1, 0.15) is 0 Å². The van der Waals surface area contributed by atoms with Crippen molar-refractivity contribution >= 4 is 29.2 Å². The third-order valence-corrected chi connectivity index (χ3v) is 5.16. The van der Waals surface area contributed by atoms with E-state index < -0.39 is 5.97 Å². The molecule has 0 unspecified atom stereocenters. The summed E-state index contributed by atoms with van der Waals surface area (Å²) in [4.78, 5) is 24.1. The van der Waals surface area contributed by atoms with Crippen molar-refractivity contribution in [2.75, 3.05) is 7.11 Å². The highest BCUT2D eigenvalue weighted by atomic mass is 35.5. The summed E-state index contributed by atoms with van der Waals surface area (Å²) in [6.07, 6.45) is 2.05. The van der Waals surface area contributed by atoms with Gasteiger partial charge in [-0.25, -0.2) is 4.79 Å². The van der Waals surface area contributed by atoms with E-state index in [9.17, 15) is 9.59 Å². The van der Waals surface area contributed by atoms with E-state index >= 15 is 0 Å². The second-order valence-electron chi connectivity index (χ2n) is 6.03. The Kier molecular flexibility index (Phi) is 5.68. The summed E-state index contributed by atoms with van der Waals surface area (Å²) in [5, 5.41) is 1.05. The highest BCUT2D eigenvalue weighted by Crippen LogP contribution is 2.27. The smallest absolute Gasteiger partial charge is 0.337 e. The lowest BCUT2D eigenvalue weighted by molar-refractivity contribution is 0.0601. The highest BCUT2D eigenvalue weighted by molar-refractivity contribution is 6.36. The number of carbonyl (C=O) groups is 1. The van der Waals surface area contributed by atoms with E-state index in [0.717, 1.165) is 16.9 Å². The summed E-state index contributed by atoms with van der Waals surface area (Å²) in [5.41, 5.74) is 3.33. The SMILES string of the molecule is COC(=O)c1ccc(-n2ccc(=O)c(Cc3c(Cl)cccc3Cl)c2C)cc1. The monoisotopic (exact) mass is 401 g/mol. The summed E-state index contributed by atoms with van der Waals surface area (Å²) >= 11 is 12.5. The second kappa shape index (κ2) is 7.99. The number of aromatic nitrogens is 1. The van der Waals surface area contributed by atoms with Crippen LogP contribution in [-0.2, 0) is 11.2 Å². The van der Waals surface area contributed by atoms with Gasteiger partial charge in [-0.05, 0) is 48.9 Å². The van der Waals surface area contributed by atoms with Gasteiger partial charge in [-0.2, -0.15) is 0 Å². The molecule has 0 atom stereocenters. The maximum absolute atomic E-state index is 12.5. The molecule has 4 nitrogen and oxygen atoms in total. The zero-order valence-electron chi connectivity index (χ0n) is 14.8. The zero-order chi connectivity index (χ0) is 19.6. The van der Waals surface area contributed by atoms with Crippen LogP contribution in [0.2, 0.25) is 10.0 Å². The van der Waals surface area contributed by atoms with E-state index in [4.69, 9.17) is 27.9 Å². The minimum absolute atomic E-state index is 0.0779. The van der Waals surface area contributed by atoms with Crippen molar-refractivity contribution < 1.29 is 9.53 Å². The van der Waals surface area contributed by atoms with Gasteiger partial charge < -0.3 is 9.30 Å². The lowest BCUT2D eigenvalue weighted by Crippen LogP contribution is -2.16. The third-order valence-electron chi connectivity index (χ3n) is 4.45. The van der Waals surface area contributed by atoms with Crippen molar-refractivity contribution in [3.8, 4) is 5.69 Å². The maximum atomic E-state index is 12.5. The Hall–Kier alpha value is -2.56. The molecule has 1 aromatic heterocycles. The van der Waals surface area contributed by atoms with Crippen molar-refractivity contribution in [2.24, 2.45) is 0 Å².